The SMILES string of the molecule is CCC(CC)C(=O)NCc1nc2ccccc2n1CCOc1ccccc1. The summed E-state index contributed by atoms with van der Waals surface area (Å²) in [7, 11) is 0. The maximum atomic E-state index is 12.3. The summed E-state index contributed by atoms with van der Waals surface area (Å²) in [5, 5.41) is 3.05. The lowest BCUT2D eigenvalue weighted by atomic mass is 10.0. The Bertz CT molecular complexity index is 870. The highest BCUT2D eigenvalue weighted by atomic mass is 16.5. The van der Waals surface area contributed by atoms with Crippen LogP contribution < -0.4 is 10.1 Å². The minimum absolute atomic E-state index is 0.0595. The van der Waals surface area contributed by atoms with Crippen molar-refractivity contribution in [1.29, 1.82) is 0 Å². The molecule has 3 aromatic rings. The zero-order valence-corrected chi connectivity index (χ0v) is 16.0. The number of nitrogens with zero attached hydrogens (tertiary/aromatic N) is 2. The van der Waals surface area contributed by atoms with E-state index in [1.807, 2.05) is 62.4 Å². The molecule has 1 heterocycles. The van der Waals surface area contributed by atoms with Crippen LogP contribution >= 0.6 is 0 Å². The fraction of sp³-hybridized carbons (Fsp3) is 0.364. The number of aromatic nitrogens is 2. The van der Waals surface area contributed by atoms with E-state index in [4.69, 9.17) is 9.72 Å². The number of fused-ring (bicyclic) bond motifs is 1. The highest BCUT2D eigenvalue weighted by molar-refractivity contribution is 5.79. The monoisotopic (exact) mass is 365 g/mol. The molecule has 0 radical (unpaired) electrons. The van der Waals surface area contributed by atoms with Crippen molar-refractivity contribution in [2.45, 2.75) is 39.8 Å². The second kappa shape index (κ2) is 9.21. The number of carbonyl (C=O) groups is 1. The summed E-state index contributed by atoms with van der Waals surface area (Å²) in [6.45, 7) is 5.73. The van der Waals surface area contributed by atoms with Gasteiger partial charge in [-0.2, -0.15) is 0 Å². The Labute approximate surface area is 160 Å². The molecule has 0 fully saturated rings. The van der Waals surface area contributed by atoms with Crippen LogP contribution in [0, 0.1) is 5.92 Å². The maximum Gasteiger partial charge on any atom is 0.223 e. The first-order valence-electron chi connectivity index (χ1n) is 9.62. The summed E-state index contributed by atoms with van der Waals surface area (Å²) in [5.41, 5.74) is 1.99. The zero-order valence-electron chi connectivity index (χ0n) is 16.0. The Kier molecular flexibility index (Phi) is 6.47. The molecule has 0 atom stereocenters. The number of hydrogen-bond donors (Lipinski definition) is 1. The first kappa shape index (κ1) is 19.0. The van der Waals surface area contributed by atoms with Crippen LogP contribution in [0.2, 0.25) is 0 Å². The van der Waals surface area contributed by atoms with Crippen molar-refractivity contribution in [1.82, 2.24) is 14.9 Å². The van der Waals surface area contributed by atoms with Crippen LogP contribution in [0.3, 0.4) is 0 Å². The zero-order chi connectivity index (χ0) is 19.1. The summed E-state index contributed by atoms with van der Waals surface area (Å²) in [6, 6.07) is 17.8. The fourth-order valence-electron chi connectivity index (χ4n) is 3.25. The van der Waals surface area contributed by atoms with Gasteiger partial charge in [0.1, 0.15) is 18.2 Å². The smallest absolute Gasteiger partial charge is 0.223 e. The number of hydrogen-bond acceptors (Lipinski definition) is 3. The second-order valence-corrected chi connectivity index (χ2v) is 6.56. The molecule has 0 bridgehead atoms. The third-order valence-corrected chi connectivity index (χ3v) is 4.84. The highest BCUT2D eigenvalue weighted by Crippen LogP contribution is 2.17. The quantitative estimate of drug-likeness (QED) is 0.619. The van der Waals surface area contributed by atoms with E-state index < -0.39 is 0 Å². The molecule has 5 nitrogen and oxygen atoms in total. The van der Waals surface area contributed by atoms with E-state index in [9.17, 15) is 4.79 Å². The molecule has 1 aromatic heterocycles. The predicted octanol–water partition coefficient (Wildman–Crippen LogP) is 4.17. The van der Waals surface area contributed by atoms with Crippen molar-refractivity contribution in [3.63, 3.8) is 0 Å². The second-order valence-electron chi connectivity index (χ2n) is 6.56. The van der Waals surface area contributed by atoms with Crippen LogP contribution in [0.25, 0.3) is 11.0 Å². The van der Waals surface area contributed by atoms with Gasteiger partial charge in [0.15, 0.2) is 0 Å². The van der Waals surface area contributed by atoms with Crippen LogP contribution in [-0.2, 0) is 17.9 Å². The molecule has 2 aromatic carbocycles. The normalized spacial score (nSPS) is 11.1. The summed E-state index contributed by atoms with van der Waals surface area (Å²) in [6.07, 6.45) is 1.70. The Morgan fingerprint density at radius 2 is 1.78 bits per heavy atom. The van der Waals surface area contributed by atoms with Gasteiger partial charge < -0.3 is 14.6 Å². The van der Waals surface area contributed by atoms with Gasteiger partial charge in [0.05, 0.1) is 24.1 Å². The Morgan fingerprint density at radius 3 is 2.52 bits per heavy atom. The standard InChI is InChI=1S/C22H27N3O2/c1-3-17(4-2)22(26)23-16-21-24-19-12-8-9-13-20(19)25(21)14-15-27-18-10-6-5-7-11-18/h5-13,17H,3-4,14-16H2,1-2H3,(H,23,26). The molecule has 0 spiro atoms. The van der Waals surface area contributed by atoms with Crippen molar-refractivity contribution in [3.8, 4) is 5.75 Å². The van der Waals surface area contributed by atoms with Gasteiger partial charge in [0, 0.05) is 5.92 Å². The molecular formula is C22H27N3O2. The number of rotatable bonds is 9. The average Bonchev–Trinajstić information content (AvgIpc) is 3.06. The van der Waals surface area contributed by atoms with E-state index in [0.717, 1.165) is 35.4 Å². The molecule has 5 heteroatoms. The summed E-state index contributed by atoms with van der Waals surface area (Å²) in [4.78, 5) is 17.0. The summed E-state index contributed by atoms with van der Waals surface area (Å²) in [5.74, 6) is 1.86. The van der Waals surface area contributed by atoms with E-state index in [1.165, 1.54) is 0 Å². The summed E-state index contributed by atoms with van der Waals surface area (Å²) < 4.78 is 7.98. The minimum Gasteiger partial charge on any atom is -0.492 e. The molecule has 1 amide bonds. The van der Waals surface area contributed by atoms with Crippen LogP contribution in [0.5, 0.6) is 5.75 Å². The van der Waals surface area contributed by atoms with Crippen molar-refractivity contribution >= 4 is 16.9 Å². The number of nitrogens with one attached hydrogen (secondary N) is 1. The van der Waals surface area contributed by atoms with Crippen molar-refractivity contribution in [2.24, 2.45) is 5.92 Å². The lowest BCUT2D eigenvalue weighted by Crippen LogP contribution is -2.31. The molecular weight excluding hydrogens is 338 g/mol. The van der Waals surface area contributed by atoms with Gasteiger partial charge in [-0.15, -0.1) is 0 Å². The van der Waals surface area contributed by atoms with Crippen molar-refractivity contribution in [2.75, 3.05) is 6.61 Å². The molecule has 0 aliphatic heterocycles. The number of para-hydroxylation sites is 3. The lowest BCUT2D eigenvalue weighted by Gasteiger charge is -2.14. The highest BCUT2D eigenvalue weighted by Gasteiger charge is 2.16. The van der Waals surface area contributed by atoms with Crippen molar-refractivity contribution in [3.05, 3.63) is 60.4 Å². The minimum atomic E-state index is 0.0595. The number of amides is 1. The number of carbonyl (C=O) groups excluding carboxylic acids is 1. The van der Waals surface area contributed by atoms with E-state index in [-0.39, 0.29) is 11.8 Å². The first-order chi connectivity index (χ1) is 13.2. The molecule has 3 rings (SSSR count). The largest absolute Gasteiger partial charge is 0.492 e. The van der Waals surface area contributed by atoms with Gasteiger partial charge in [0.25, 0.3) is 0 Å². The Morgan fingerprint density at radius 1 is 1.07 bits per heavy atom. The molecule has 0 aliphatic rings. The third-order valence-electron chi connectivity index (χ3n) is 4.84. The Hall–Kier alpha value is -2.82. The van der Waals surface area contributed by atoms with Gasteiger partial charge >= 0.3 is 0 Å². The first-order valence-corrected chi connectivity index (χ1v) is 9.62. The molecule has 27 heavy (non-hydrogen) atoms. The number of imidazole rings is 1. The van der Waals surface area contributed by atoms with Gasteiger partial charge in [-0.3, -0.25) is 4.79 Å². The lowest BCUT2D eigenvalue weighted by molar-refractivity contribution is -0.125. The van der Waals surface area contributed by atoms with Crippen LogP contribution in [-0.4, -0.2) is 22.1 Å². The van der Waals surface area contributed by atoms with Gasteiger partial charge in [-0.25, -0.2) is 4.98 Å². The predicted molar refractivity (Wildman–Crippen MR) is 108 cm³/mol. The van der Waals surface area contributed by atoms with E-state index in [0.29, 0.717) is 19.7 Å². The fourth-order valence-corrected chi connectivity index (χ4v) is 3.25. The van der Waals surface area contributed by atoms with E-state index >= 15 is 0 Å². The van der Waals surface area contributed by atoms with Crippen LogP contribution in [0.1, 0.15) is 32.5 Å². The average molecular weight is 365 g/mol. The number of ether oxygens (including phenoxy) is 1. The molecule has 0 saturated carbocycles. The number of benzene rings is 2. The van der Waals surface area contributed by atoms with Crippen LogP contribution in [0.15, 0.2) is 54.6 Å². The molecule has 1 N–H and O–H groups in total. The third kappa shape index (κ3) is 4.67. The molecule has 0 unspecified atom stereocenters. The van der Waals surface area contributed by atoms with E-state index in [2.05, 4.69) is 16.0 Å². The van der Waals surface area contributed by atoms with Gasteiger partial charge in [0.2, 0.25) is 5.91 Å². The maximum absolute atomic E-state index is 12.3. The Balaban J connectivity index is 1.72. The molecule has 142 valence electrons. The topological polar surface area (TPSA) is 56.2 Å². The van der Waals surface area contributed by atoms with Crippen molar-refractivity contribution < 1.29 is 9.53 Å². The molecule has 0 aliphatic carbocycles. The summed E-state index contributed by atoms with van der Waals surface area (Å²) >= 11 is 0. The van der Waals surface area contributed by atoms with E-state index in [1.54, 1.807) is 0 Å². The van der Waals surface area contributed by atoms with Gasteiger partial charge in [-0.05, 0) is 37.1 Å². The molecule has 0 saturated heterocycles. The van der Waals surface area contributed by atoms with Gasteiger partial charge in [-0.1, -0.05) is 44.2 Å². The van der Waals surface area contributed by atoms with Crippen LogP contribution in [0.4, 0.5) is 0 Å².